The van der Waals surface area contributed by atoms with Gasteiger partial charge in [0, 0.05) is 0 Å². The molecule has 0 aliphatic heterocycles. The molecule has 0 unspecified atom stereocenters. The molecule has 0 saturated carbocycles. The largest absolute Gasteiger partial charge is 2.00 e. The summed E-state index contributed by atoms with van der Waals surface area (Å²) in [5.74, 6) is 0. The molecule has 0 rings (SSSR count). The van der Waals surface area contributed by atoms with E-state index in [2.05, 4.69) is 12.9 Å². The molecule has 0 aliphatic carbocycles. The molecule has 0 bridgehead atoms. The molecule has 0 radical (unpaired) electrons. The van der Waals surface area contributed by atoms with E-state index in [1.165, 1.54) is 0 Å². The zero-order chi connectivity index (χ0) is 23.1. The first-order chi connectivity index (χ1) is 11.1. The predicted octanol–water partition coefficient (Wildman–Crippen LogP) is -7.50. The minimum absolute atomic E-state index is 0. The standard InChI is InChI=1S/4Fe.3H4O7P2/c;;;;3*1-8(2,3)7-9(4,5)6/h;;;;3*(H2,1,2,3)(H2,4,5,6)/q4*+2;;;/p-8. The maximum absolute atomic E-state index is 9.63. The van der Waals surface area contributed by atoms with E-state index in [0.717, 1.165) is 0 Å². The molecule has 31 heavy (non-hydrogen) atoms. The van der Waals surface area contributed by atoms with Crippen molar-refractivity contribution in [2.24, 2.45) is 0 Å². The molecule has 0 atom stereocenters. The van der Waals surface area contributed by atoms with Gasteiger partial charge in [-0.2, -0.15) is 4.31 Å². The van der Waals surface area contributed by atoms with E-state index in [4.69, 9.17) is 19.6 Å². The summed E-state index contributed by atoms with van der Waals surface area (Å²) in [6.45, 7) is 0. The average molecular weight is 749 g/mol. The molecule has 192 valence electrons. The Morgan fingerprint density at radius 1 is 0.387 bits per heavy atom. The van der Waals surface area contributed by atoms with E-state index in [1.807, 2.05) is 0 Å². The number of hydrogen-bond acceptors (Lipinski definition) is 17. The third-order valence-corrected chi connectivity index (χ3v) is 5.51. The van der Waals surface area contributed by atoms with Gasteiger partial charge in [0.15, 0.2) is 0 Å². The Bertz CT molecular complexity index is 559. The van der Waals surface area contributed by atoms with Crippen molar-refractivity contribution >= 4 is 46.9 Å². The van der Waals surface area contributed by atoms with Crippen LogP contribution in [0.3, 0.4) is 0 Å². The van der Waals surface area contributed by atoms with Crippen molar-refractivity contribution in [2.45, 2.75) is 0 Å². The Balaban J connectivity index is -0.0000000524. The van der Waals surface area contributed by atoms with E-state index >= 15 is 0 Å². The fourth-order valence-corrected chi connectivity index (χ4v) is 3.45. The summed E-state index contributed by atoms with van der Waals surface area (Å²) in [7, 11) is -32.8. The molecule has 0 saturated heterocycles. The zero-order valence-electron chi connectivity index (χ0n) is 12.8. The van der Waals surface area contributed by atoms with Crippen molar-refractivity contribution in [3.63, 3.8) is 0 Å². The van der Waals surface area contributed by atoms with Crippen molar-refractivity contribution < 1.29 is 167 Å². The molecular weight excluding hydrogens is 745 g/mol. The molecule has 0 spiro atoms. The average Bonchev–Trinajstić information content (AvgIpc) is 1.96. The maximum Gasteiger partial charge on any atom is 2.00 e. The Kier molecular flexibility index (Phi) is 31.1. The fourth-order valence-electron chi connectivity index (χ4n) is 0.384. The predicted molar refractivity (Wildman–Crippen MR) is 57.8 cm³/mol. The van der Waals surface area contributed by atoms with Gasteiger partial charge >= 0.3 is 83.9 Å². The molecule has 21 nitrogen and oxygen atoms in total. The van der Waals surface area contributed by atoms with Crippen LogP contribution in [0, 0.1) is 0 Å². The van der Waals surface area contributed by atoms with Gasteiger partial charge in [-0.15, -0.1) is 0 Å². The monoisotopic (exact) mass is 750 g/mol. The van der Waals surface area contributed by atoms with E-state index in [1.54, 1.807) is 0 Å². The smallest absolute Gasteiger partial charge is 0.790 e. The van der Waals surface area contributed by atoms with Crippen LogP contribution in [0.5, 0.6) is 0 Å². The van der Waals surface area contributed by atoms with Gasteiger partial charge in [0.2, 0.25) is 0 Å². The van der Waals surface area contributed by atoms with E-state index in [-0.39, 0.29) is 68.3 Å². The molecule has 0 aromatic carbocycles. The van der Waals surface area contributed by atoms with Crippen LogP contribution in [0.4, 0.5) is 0 Å². The molecule has 0 aromatic rings. The molecule has 0 aromatic heterocycles. The van der Waals surface area contributed by atoms with Crippen LogP contribution in [-0.2, 0) is 109 Å². The number of rotatable bonds is 6. The molecule has 4 N–H and O–H groups in total. The summed E-state index contributed by atoms with van der Waals surface area (Å²) in [6, 6.07) is 0. The van der Waals surface area contributed by atoms with Gasteiger partial charge < -0.3 is 85.6 Å². The van der Waals surface area contributed by atoms with E-state index in [9.17, 15) is 66.5 Å². The van der Waals surface area contributed by atoms with Crippen LogP contribution in [0.25, 0.3) is 0 Å². The summed E-state index contributed by atoms with van der Waals surface area (Å²) in [5, 5.41) is 0. The fraction of sp³-hybridized carbons (Fsp3) is 0. The van der Waals surface area contributed by atoms with Crippen LogP contribution in [0.2, 0.25) is 0 Å². The Morgan fingerprint density at radius 3 is 0.516 bits per heavy atom. The van der Waals surface area contributed by atoms with Crippen molar-refractivity contribution in [1.82, 2.24) is 0 Å². The Morgan fingerprint density at radius 2 is 0.516 bits per heavy atom. The van der Waals surface area contributed by atoms with Crippen molar-refractivity contribution in [3.8, 4) is 0 Å². The maximum atomic E-state index is 9.63. The SMILES string of the molecule is O=P(O)(O)OP(=O)(O)O.O=P([O-])([O-])OP(=O)([O-])[O-].O=P([O-])([O-])OP(=O)([O-])[O-].[Fe+2].[Fe+2].[Fe+2].[Fe+2]. The molecule has 0 amide bonds. The summed E-state index contributed by atoms with van der Waals surface area (Å²) in [4.78, 5) is 106. The zero-order valence-corrected chi connectivity index (χ0v) is 22.6. The first-order valence-electron chi connectivity index (χ1n) is 4.45. The second kappa shape index (κ2) is 19.0. The molecule has 31 heteroatoms. The Hall–Kier alpha value is 2.86. The molecule has 0 fully saturated rings. The van der Waals surface area contributed by atoms with Crippen molar-refractivity contribution in [2.75, 3.05) is 0 Å². The minimum Gasteiger partial charge on any atom is -0.790 e. The van der Waals surface area contributed by atoms with Crippen LogP contribution in [0.1, 0.15) is 0 Å². The van der Waals surface area contributed by atoms with Crippen molar-refractivity contribution in [1.29, 1.82) is 0 Å². The number of hydrogen-bond donors (Lipinski definition) is 4. The molecule has 0 aliphatic rings. The van der Waals surface area contributed by atoms with Crippen LogP contribution in [-0.4, -0.2) is 19.6 Å². The molecule has 0 heterocycles. The van der Waals surface area contributed by atoms with Crippen molar-refractivity contribution in [3.05, 3.63) is 0 Å². The summed E-state index contributed by atoms with van der Waals surface area (Å²) < 4.78 is 64.5. The first-order valence-corrected chi connectivity index (χ1v) is 13.4. The summed E-state index contributed by atoms with van der Waals surface area (Å²) >= 11 is 0. The van der Waals surface area contributed by atoms with Crippen LogP contribution >= 0.6 is 46.9 Å². The number of phosphoric acid groups is 6. The topological polar surface area (TPSA) is 396 Å². The first kappa shape index (κ1) is 50.7. The summed E-state index contributed by atoms with van der Waals surface area (Å²) in [6.07, 6.45) is 0. The van der Waals surface area contributed by atoms with Gasteiger partial charge in [-0.1, -0.05) is 0 Å². The van der Waals surface area contributed by atoms with Crippen LogP contribution in [0.15, 0.2) is 0 Å². The third-order valence-electron chi connectivity index (χ3n) is 0.613. The quantitative estimate of drug-likeness (QED) is 0.145. The summed E-state index contributed by atoms with van der Waals surface area (Å²) in [5.41, 5.74) is 0. The normalized spacial score (nSPS) is 12.0. The second-order valence-corrected chi connectivity index (χ2v) is 10.5. The Labute approximate surface area is 213 Å². The van der Waals surface area contributed by atoms with E-state index in [0.29, 0.717) is 0 Å². The van der Waals surface area contributed by atoms with Crippen LogP contribution < -0.4 is 39.1 Å². The van der Waals surface area contributed by atoms with Gasteiger partial charge in [-0.3, -0.25) is 0 Å². The third kappa shape index (κ3) is 71.9. The van der Waals surface area contributed by atoms with Gasteiger partial charge in [-0.05, 0) is 0 Å². The second-order valence-electron chi connectivity index (χ2n) is 3.01. The van der Waals surface area contributed by atoms with E-state index < -0.39 is 46.9 Å². The minimum atomic E-state index is -5.68. The van der Waals surface area contributed by atoms with Gasteiger partial charge in [0.05, 0.1) is 31.3 Å². The van der Waals surface area contributed by atoms with Gasteiger partial charge in [0.1, 0.15) is 0 Å². The van der Waals surface area contributed by atoms with Gasteiger partial charge in [0.25, 0.3) is 0 Å². The van der Waals surface area contributed by atoms with Gasteiger partial charge in [-0.25, -0.2) is 9.13 Å². The molecular formula is H4Fe4O21P6.